The summed E-state index contributed by atoms with van der Waals surface area (Å²) in [7, 11) is 3.58. The Bertz CT molecular complexity index is 921. The lowest BCUT2D eigenvalue weighted by molar-refractivity contribution is -0.118. The van der Waals surface area contributed by atoms with Crippen LogP contribution in [0.5, 0.6) is 0 Å². The molecular weight excluding hydrogens is 535 g/mol. The van der Waals surface area contributed by atoms with Gasteiger partial charge in [-0.25, -0.2) is 0 Å². The Balaban J connectivity index is 1.66. The summed E-state index contributed by atoms with van der Waals surface area (Å²) >= 11 is 6.74. The van der Waals surface area contributed by atoms with Crippen molar-refractivity contribution in [2.75, 3.05) is 47.6 Å². The van der Waals surface area contributed by atoms with Crippen LogP contribution in [0.4, 0.5) is 0 Å². The van der Waals surface area contributed by atoms with E-state index in [-0.39, 0.29) is 59.5 Å². The van der Waals surface area contributed by atoms with Gasteiger partial charge in [0.15, 0.2) is 0 Å². The Morgan fingerprint density at radius 2 is 1.92 bits per heavy atom. The van der Waals surface area contributed by atoms with Crippen LogP contribution >= 0.6 is 18.7 Å². The smallest absolute Gasteiger partial charge is 0.243 e. The van der Waals surface area contributed by atoms with Gasteiger partial charge in [0.05, 0.1) is 24.8 Å². The lowest BCUT2D eigenvalue weighted by Crippen LogP contribution is -2.72. The maximum absolute atomic E-state index is 13.0. The third-order valence-electron chi connectivity index (χ3n) is 8.24. The van der Waals surface area contributed by atoms with E-state index in [0.717, 1.165) is 38.6 Å². The Labute approximate surface area is 240 Å². The van der Waals surface area contributed by atoms with Crippen LogP contribution in [0, 0.1) is 17.8 Å². The molecule has 5 N–H and O–H groups in total. The second kappa shape index (κ2) is 15.3. The summed E-state index contributed by atoms with van der Waals surface area (Å²) in [6, 6.07) is 0.0519. The van der Waals surface area contributed by atoms with Crippen LogP contribution in [0.25, 0.3) is 0 Å². The van der Waals surface area contributed by atoms with Gasteiger partial charge in [-0.1, -0.05) is 25.3 Å². The molecule has 0 aromatic heterocycles. The van der Waals surface area contributed by atoms with E-state index < -0.39 is 7.14 Å². The van der Waals surface area contributed by atoms with E-state index in [0.29, 0.717) is 19.4 Å². The zero-order valence-corrected chi connectivity index (χ0v) is 26.0. The number of methoxy groups -OCH3 is 1. The van der Waals surface area contributed by atoms with Crippen LogP contribution in [0.3, 0.4) is 0 Å². The molecule has 0 bridgehead atoms. The Hall–Kier alpha value is -0.950. The maximum atomic E-state index is 13.0. The third kappa shape index (κ3) is 9.83. The number of amides is 1. The number of hydrogen-bond acceptors (Lipinski definition) is 8. The standard InChI is InChI=1S/C28H50ClN6O3P/c1-7-26(36)31-22-17-23(24(38-4)16-19(22)12-10-11-15-35(2)3)33-28-30-18-20(29)27(34-28)32-21-13-8-9-14-25(21)39(5,6)37/h7,19-25,27-28,30,32-34H,1,8-9,11,13-18H2,2-6H3,(H,31,36). The zero-order valence-electron chi connectivity index (χ0n) is 24.3. The Morgan fingerprint density at radius 1 is 1.18 bits per heavy atom. The molecule has 2 saturated carbocycles. The number of rotatable bonds is 10. The van der Waals surface area contributed by atoms with E-state index >= 15 is 0 Å². The van der Waals surface area contributed by atoms with Gasteiger partial charge in [-0.2, -0.15) is 0 Å². The van der Waals surface area contributed by atoms with Gasteiger partial charge in [-0.3, -0.25) is 26.1 Å². The maximum Gasteiger partial charge on any atom is 0.243 e. The van der Waals surface area contributed by atoms with Gasteiger partial charge in [0.1, 0.15) is 6.29 Å². The number of alkyl halides is 1. The highest BCUT2D eigenvalue weighted by molar-refractivity contribution is 7.63. The van der Waals surface area contributed by atoms with Gasteiger partial charge >= 0.3 is 0 Å². The second-order valence-corrected chi connectivity index (χ2v) is 16.0. The molecule has 1 heterocycles. The summed E-state index contributed by atoms with van der Waals surface area (Å²) in [6.45, 7) is 8.96. The van der Waals surface area contributed by atoms with Crippen molar-refractivity contribution < 1.29 is 14.1 Å². The van der Waals surface area contributed by atoms with Crippen molar-refractivity contribution in [1.82, 2.24) is 31.5 Å². The van der Waals surface area contributed by atoms with Crippen molar-refractivity contribution >= 4 is 24.7 Å². The van der Waals surface area contributed by atoms with Crippen molar-refractivity contribution in [3.05, 3.63) is 12.7 Å². The van der Waals surface area contributed by atoms with Crippen LogP contribution in [-0.2, 0) is 14.1 Å². The minimum absolute atomic E-state index is 0.00464. The van der Waals surface area contributed by atoms with E-state index in [2.05, 4.69) is 49.9 Å². The highest BCUT2D eigenvalue weighted by Crippen LogP contribution is 2.49. The van der Waals surface area contributed by atoms with Crippen LogP contribution in [0.2, 0.25) is 0 Å². The summed E-state index contributed by atoms with van der Waals surface area (Å²) in [5.41, 5.74) is 0.180. The lowest BCUT2D eigenvalue weighted by Gasteiger charge is -2.45. The first-order valence-electron chi connectivity index (χ1n) is 14.3. The molecule has 9 nitrogen and oxygen atoms in total. The number of carbonyl (C=O) groups excluding carboxylic acids is 1. The van der Waals surface area contributed by atoms with Gasteiger partial charge in [-0.15, -0.1) is 17.5 Å². The minimum Gasteiger partial charge on any atom is -0.380 e. The number of ether oxygens (including phenoxy) is 1. The van der Waals surface area contributed by atoms with Crippen molar-refractivity contribution in [2.24, 2.45) is 5.92 Å². The van der Waals surface area contributed by atoms with Crippen molar-refractivity contribution in [2.45, 2.75) is 92.7 Å². The van der Waals surface area contributed by atoms with E-state index in [9.17, 15) is 9.36 Å². The topological polar surface area (TPSA) is 107 Å². The molecule has 0 aromatic rings. The molecule has 3 fully saturated rings. The van der Waals surface area contributed by atoms with Crippen LogP contribution < -0.4 is 26.6 Å². The molecule has 0 aromatic carbocycles. The second-order valence-electron chi connectivity index (χ2n) is 11.9. The number of nitrogens with zero attached hydrogens (tertiary/aromatic N) is 1. The predicted octanol–water partition coefficient (Wildman–Crippen LogP) is 1.93. The van der Waals surface area contributed by atoms with Gasteiger partial charge in [0, 0.05) is 56.3 Å². The third-order valence-corrected chi connectivity index (χ3v) is 10.9. The van der Waals surface area contributed by atoms with E-state index in [1.165, 1.54) is 6.08 Å². The highest BCUT2D eigenvalue weighted by Gasteiger charge is 2.41. The van der Waals surface area contributed by atoms with Gasteiger partial charge in [0.25, 0.3) is 0 Å². The molecule has 3 aliphatic rings. The molecular formula is C28H50ClN6O3P. The molecule has 9 unspecified atom stereocenters. The zero-order chi connectivity index (χ0) is 28.6. The predicted molar refractivity (Wildman–Crippen MR) is 161 cm³/mol. The van der Waals surface area contributed by atoms with Crippen molar-refractivity contribution in [3.8, 4) is 11.8 Å². The SMILES string of the molecule is C=CC(=O)NC1CC(NC2NCC(Cl)C(NC3CCCCC3P(C)(C)=O)N2)C(OC)CC1C#CCCN(C)C. The average molecular weight is 585 g/mol. The van der Waals surface area contributed by atoms with Gasteiger partial charge < -0.3 is 19.5 Å². The molecule has 222 valence electrons. The van der Waals surface area contributed by atoms with Gasteiger partial charge in [0.2, 0.25) is 5.91 Å². The molecule has 0 spiro atoms. The molecule has 2 aliphatic carbocycles. The molecule has 1 aliphatic heterocycles. The van der Waals surface area contributed by atoms with Gasteiger partial charge in [-0.05, 0) is 59.2 Å². The summed E-state index contributed by atoms with van der Waals surface area (Å²) in [6.07, 6.45) is 7.37. The summed E-state index contributed by atoms with van der Waals surface area (Å²) in [5, 5.41) is 17.4. The molecule has 11 heteroatoms. The summed E-state index contributed by atoms with van der Waals surface area (Å²) in [5.74, 6) is 6.51. The van der Waals surface area contributed by atoms with Crippen LogP contribution in [-0.4, -0.2) is 106 Å². The molecule has 0 radical (unpaired) electrons. The highest BCUT2D eigenvalue weighted by atomic mass is 35.5. The fourth-order valence-corrected chi connectivity index (χ4v) is 8.23. The number of nitrogens with one attached hydrogen (secondary N) is 5. The number of carbonyl (C=O) groups is 1. The van der Waals surface area contributed by atoms with E-state index in [4.69, 9.17) is 16.3 Å². The largest absolute Gasteiger partial charge is 0.380 e. The van der Waals surface area contributed by atoms with Crippen LogP contribution in [0.1, 0.15) is 44.9 Å². The first kappa shape index (κ1) is 32.6. The Kier molecular flexibility index (Phi) is 12.8. The summed E-state index contributed by atoms with van der Waals surface area (Å²) < 4.78 is 18.9. The van der Waals surface area contributed by atoms with E-state index in [1.807, 2.05) is 27.4 Å². The minimum atomic E-state index is -2.22. The summed E-state index contributed by atoms with van der Waals surface area (Å²) in [4.78, 5) is 14.4. The fraction of sp³-hybridized carbons (Fsp3) is 0.821. The normalized spacial score (nSPS) is 35.6. The molecule has 1 amide bonds. The fourth-order valence-electron chi connectivity index (χ4n) is 6.09. The first-order valence-corrected chi connectivity index (χ1v) is 17.4. The Morgan fingerprint density at radius 3 is 2.59 bits per heavy atom. The molecule has 39 heavy (non-hydrogen) atoms. The quantitative estimate of drug-likeness (QED) is 0.115. The van der Waals surface area contributed by atoms with Crippen molar-refractivity contribution in [1.29, 1.82) is 0 Å². The van der Waals surface area contributed by atoms with Crippen LogP contribution in [0.15, 0.2) is 12.7 Å². The monoisotopic (exact) mass is 584 g/mol. The molecule has 3 rings (SSSR count). The number of halogens is 1. The lowest BCUT2D eigenvalue weighted by atomic mass is 9.79. The average Bonchev–Trinajstić information content (AvgIpc) is 2.89. The molecule has 9 atom stereocenters. The molecule has 1 saturated heterocycles. The number of hydrogen-bond donors (Lipinski definition) is 5. The van der Waals surface area contributed by atoms with E-state index in [1.54, 1.807) is 7.11 Å². The first-order chi connectivity index (χ1) is 18.5. The van der Waals surface area contributed by atoms with Crippen molar-refractivity contribution in [3.63, 3.8) is 0 Å².